The normalized spacial score (nSPS) is 13.4. The van der Waals surface area contributed by atoms with E-state index in [9.17, 15) is 9.59 Å². The average Bonchev–Trinajstić information content (AvgIpc) is 2.40. The summed E-state index contributed by atoms with van der Waals surface area (Å²) >= 11 is 0. The van der Waals surface area contributed by atoms with E-state index < -0.39 is 11.5 Å². The van der Waals surface area contributed by atoms with Gasteiger partial charge in [0.25, 0.3) is 5.91 Å². The van der Waals surface area contributed by atoms with Crippen LogP contribution in [-0.4, -0.2) is 24.5 Å². The number of esters is 1. The van der Waals surface area contributed by atoms with Crippen molar-refractivity contribution in [3.05, 3.63) is 34.9 Å². The molecule has 0 aliphatic heterocycles. The summed E-state index contributed by atoms with van der Waals surface area (Å²) in [5.41, 5.74) is 1.50. The topological polar surface area (TPSA) is 55.4 Å². The van der Waals surface area contributed by atoms with E-state index in [0.29, 0.717) is 12.0 Å². The summed E-state index contributed by atoms with van der Waals surface area (Å²) in [4.78, 5) is 24.3. The zero-order valence-corrected chi connectivity index (χ0v) is 12.9. The summed E-state index contributed by atoms with van der Waals surface area (Å²) in [5.74, 6) is -0.662. The number of methoxy groups -OCH3 is 1. The Labute approximate surface area is 120 Å². The molecule has 0 aliphatic carbocycles. The third-order valence-electron chi connectivity index (χ3n) is 3.41. The van der Waals surface area contributed by atoms with Gasteiger partial charge in [-0.25, -0.2) is 4.79 Å². The first-order valence-corrected chi connectivity index (χ1v) is 6.82. The van der Waals surface area contributed by atoms with Gasteiger partial charge in [-0.2, -0.15) is 0 Å². The molecule has 0 aromatic heterocycles. The van der Waals surface area contributed by atoms with Gasteiger partial charge in [-0.05, 0) is 38.8 Å². The molecule has 0 bridgehead atoms. The van der Waals surface area contributed by atoms with Gasteiger partial charge in [0, 0.05) is 5.56 Å². The van der Waals surface area contributed by atoms with Crippen LogP contribution in [0, 0.1) is 13.8 Å². The molecule has 0 radical (unpaired) electrons. The second-order valence-corrected chi connectivity index (χ2v) is 5.35. The van der Waals surface area contributed by atoms with Gasteiger partial charge < -0.3 is 10.1 Å². The maximum atomic E-state index is 12.4. The first-order chi connectivity index (χ1) is 9.34. The zero-order valence-electron chi connectivity index (χ0n) is 12.9. The van der Waals surface area contributed by atoms with E-state index in [-0.39, 0.29) is 5.91 Å². The number of amides is 1. The molecule has 4 nitrogen and oxygen atoms in total. The van der Waals surface area contributed by atoms with Gasteiger partial charge in [0.1, 0.15) is 5.54 Å². The van der Waals surface area contributed by atoms with Gasteiger partial charge in [0.05, 0.1) is 7.11 Å². The van der Waals surface area contributed by atoms with Crippen molar-refractivity contribution < 1.29 is 14.3 Å². The van der Waals surface area contributed by atoms with Crippen LogP contribution in [-0.2, 0) is 9.53 Å². The molecule has 1 atom stereocenters. The molecule has 1 N–H and O–H groups in total. The molecule has 0 aliphatic rings. The lowest BCUT2D eigenvalue weighted by Crippen LogP contribution is -2.52. The zero-order chi connectivity index (χ0) is 15.3. The summed E-state index contributed by atoms with van der Waals surface area (Å²) in [6, 6.07) is 5.69. The van der Waals surface area contributed by atoms with Crippen LogP contribution in [0.4, 0.5) is 0 Å². The minimum Gasteiger partial charge on any atom is -0.467 e. The van der Waals surface area contributed by atoms with Gasteiger partial charge in [-0.15, -0.1) is 0 Å². The predicted octanol–water partition coefficient (Wildman–Crippen LogP) is 2.77. The number of benzene rings is 1. The summed E-state index contributed by atoms with van der Waals surface area (Å²) in [5, 5.41) is 2.82. The van der Waals surface area contributed by atoms with Gasteiger partial charge in [-0.1, -0.05) is 31.0 Å². The quantitative estimate of drug-likeness (QED) is 0.842. The van der Waals surface area contributed by atoms with Gasteiger partial charge in [0.2, 0.25) is 0 Å². The van der Waals surface area contributed by atoms with E-state index in [2.05, 4.69) is 5.32 Å². The molecule has 0 saturated heterocycles. The smallest absolute Gasteiger partial charge is 0.331 e. The standard InChI is InChI=1S/C16H23NO3/c1-6-9-16(4,15(19)20-5)17-14(18)13-10-11(2)7-8-12(13)3/h7-8,10H,6,9H2,1-5H3,(H,17,18). The molecule has 0 spiro atoms. The van der Waals surface area contributed by atoms with Crippen LogP contribution in [0.25, 0.3) is 0 Å². The number of carbonyl (C=O) groups excluding carboxylic acids is 2. The summed E-state index contributed by atoms with van der Waals surface area (Å²) in [6.07, 6.45) is 1.31. The maximum absolute atomic E-state index is 12.4. The lowest BCUT2D eigenvalue weighted by Gasteiger charge is -2.27. The van der Waals surface area contributed by atoms with Gasteiger partial charge >= 0.3 is 5.97 Å². The second kappa shape index (κ2) is 6.55. The van der Waals surface area contributed by atoms with Gasteiger partial charge in [-0.3, -0.25) is 4.79 Å². The van der Waals surface area contributed by atoms with Crippen LogP contribution >= 0.6 is 0 Å². The number of ether oxygens (including phenoxy) is 1. The van der Waals surface area contributed by atoms with Crippen LogP contribution < -0.4 is 5.32 Å². The lowest BCUT2D eigenvalue weighted by atomic mass is 9.95. The number of nitrogens with one attached hydrogen (secondary N) is 1. The van der Waals surface area contributed by atoms with E-state index in [1.807, 2.05) is 39.0 Å². The Morgan fingerprint density at radius 3 is 2.50 bits per heavy atom. The molecule has 110 valence electrons. The number of aryl methyl sites for hydroxylation is 2. The summed E-state index contributed by atoms with van der Waals surface area (Å²) < 4.78 is 4.80. The van der Waals surface area contributed by atoms with Crippen molar-refractivity contribution in [3.8, 4) is 0 Å². The Hall–Kier alpha value is -1.84. The molecule has 0 fully saturated rings. The van der Waals surface area contributed by atoms with Crippen molar-refractivity contribution in [2.75, 3.05) is 7.11 Å². The highest BCUT2D eigenvalue weighted by molar-refractivity contribution is 5.99. The van der Waals surface area contributed by atoms with Crippen molar-refractivity contribution in [2.24, 2.45) is 0 Å². The molecule has 1 amide bonds. The predicted molar refractivity (Wildman–Crippen MR) is 78.7 cm³/mol. The molecule has 20 heavy (non-hydrogen) atoms. The fourth-order valence-electron chi connectivity index (χ4n) is 2.24. The van der Waals surface area contributed by atoms with Crippen molar-refractivity contribution in [3.63, 3.8) is 0 Å². The number of rotatable bonds is 5. The van der Waals surface area contributed by atoms with E-state index in [1.165, 1.54) is 7.11 Å². The summed E-state index contributed by atoms with van der Waals surface area (Å²) in [7, 11) is 1.33. The van der Waals surface area contributed by atoms with Crippen LogP contribution in [0.15, 0.2) is 18.2 Å². The molecule has 1 unspecified atom stereocenters. The van der Waals surface area contributed by atoms with E-state index in [0.717, 1.165) is 17.5 Å². The average molecular weight is 277 g/mol. The SMILES string of the molecule is CCCC(C)(NC(=O)c1cc(C)ccc1C)C(=O)OC. The van der Waals surface area contributed by atoms with Crippen LogP contribution in [0.1, 0.15) is 48.2 Å². The molecular formula is C16H23NO3. The monoisotopic (exact) mass is 277 g/mol. The second-order valence-electron chi connectivity index (χ2n) is 5.35. The van der Waals surface area contributed by atoms with Crippen molar-refractivity contribution >= 4 is 11.9 Å². The number of hydrogen-bond acceptors (Lipinski definition) is 3. The fraction of sp³-hybridized carbons (Fsp3) is 0.500. The molecule has 1 aromatic rings. The maximum Gasteiger partial charge on any atom is 0.331 e. The van der Waals surface area contributed by atoms with Gasteiger partial charge in [0.15, 0.2) is 0 Å². The largest absolute Gasteiger partial charge is 0.467 e. The first-order valence-electron chi connectivity index (χ1n) is 6.82. The summed E-state index contributed by atoms with van der Waals surface area (Å²) in [6.45, 7) is 7.47. The Bertz CT molecular complexity index is 510. The Balaban J connectivity index is 3.02. The van der Waals surface area contributed by atoms with E-state index in [4.69, 9.17) is 4.74 Å². The number of hydrogen-bond donors (Lipinski definition) is 1. The molecule has 1 aromatic carbocycles. The third kappa shape index (κ3) is 3.59. The fourth-order valence-corrected chi connectivity index (χ4v) is 2.24. The highest BCUT2D eigenvalue weighted by Crippen LogP contribution is 2.17. The Morgan fingerprint density at radius 1 is 1.30 bits per heavy atom. The van der Waals surface area contributed by atoms with Crippen LogP contribution in [0.2, 0.25) is 0 Å². The molecule has 1 rings (SSSR count). The van der Waals surface area contributed by atoms with Crippen LogP contribution in [0.5, 0.6) is 0 Å². The molecule has 0 saturated carbocycles. The first kappa shape index (κ1) is 16.2. The highest BCUT2D eigenvalue weighted by Gasteiger charge is 2.35. The van der Waals surface area contributed by atoms with E-state index >= 15 is 0 Å². The minimum absolute atomic E-state index is 0.243. The highest BCUT2D eigenvalue weighted by atomic mass is 16.5. The molecular weight excluding hydrogens is 254 g/mol. The Kier molecular flexibility index (Phi) is 5.31. The van der Waals surface area contributed by atoms with E-state index in [1.54, 1.807) is 6.92 Å². The van der Waals surface area contributed by atoms with Crippen molar-refractivity contribution in [1.82, 2.24) is 5.32 Å². The number of carbonyl (C=O) groups is 2. The Morgan fingerprint density at radius 2 is 1.95 bits per heavy atom. The van der Waals surface area contributed by atoms with Crippen molar-refractivity contribution in [1.29, 1.82) is 0 Å². The molecule has 4 heteroatoms. The lowest BCUT2D eigenvalue weighted by molar-refractivity contribution is -0.147. The van der Waals surface area contributed by atoms with Crippen molar-refractivity contribution in [2.45, 2.75) is 46.1 Å². The third-order valence-corrected chi connectivity index (χ3v) is 3.41. The van der Waals surface area contributed by atoms with Crippen LogP contribution in [0.3, 0.4) is 0 Å². The minimum atomic E-state index is -0.989. The molecule has 0 heterocycles.